The van der Waals surface area contributed by atoms with Gasteiger partial charge in [0, 0.05) is 24.2 Å². The predicted octanol–water partition coefficient (Wildman–Crippen LogP) is 4.88. The molecule has 0 atom stereocenters. The van der Waals surface area contributed by atoms with Gasteiger partial charge in [-0.15, -0.1) is 21.5 Å². The molecular weight excluding hydrogens is 473 g/mol. The van der Waals surface area contributed by atoms with E-state index in [0.29, 0.717) is 31.3 Å². The van der Waals surface area contributed by atoms with Gasteiger partial charge in [0.25, 0.3) is 0 Å². The van der Waals surface area contributed by atoms with Gasteiger partial charge in [0.05, 0.1) is 24.6 Å². The molecule has 0 spiro atoms. The van der Waals surface area contributed by atoms with Crippen molar-refractivity contribution in [3.8, 4) is 11.4 Å². The second kappa shape index (κ2) is 10.5. The summed E-state index contributed by atoms with van der Waals surface area (Å²) < 4.78 is 26.4. The Morgan fingerprint density at radius 1 is 1.09 bits per heavy atom. The van der Waals surface area contributed by atoms with Crippen LogP contribution in [0.5, 0.6) is 5.75 Å². The predicted molar refractivity (Wildman–Crippen MR) is 132 cm³/mol. The number of benzene rings is 2. The molecule has 2 aromatic carbocycles. The van der Waals surface area contributed by atoms with E-state index in [1.165, 1.54) is 12.1 Å². The van der Waals surface area contributed by atoms with Gasteiger partial charge in [-0.3, -0.25) is 4.57 Å². The van der Waals surface area contributed by atoms with Gasteiger partial charge >= 0.3 is 0 Å². The molecule has 1 saturated heterocycles. The molecule has 1 fully saturated rings. The number of ether oxygens (including phenoxy) is 2. The monoisotopic (exact) mass is 497 g/mol. The average Bonchev–Trinajstić information content (AvgIpc) is 3.50. The molecule has 0 N–H and O–H groups in total. The number of hydrogen-bond donors (Lipinski definition) is 0. The standard InChI is InChI=1S/C24H24FN5O2S2/c1-17-4-2-3-5-21(17)30-23(29-10-12-31-13-11-29)27-28-24(30)34-16-19-15-33-22(26-19)14-32-20-8-6-18(25)7-9-20/h2-9,15H,10-14,16H2,1H3. The lowest BCUT2D eigenvalue weighted by molar-refractivity contribution is 0.122. The average molecular weight is 498 g/mol. The maximum absolute atomic E-state index is 13.1. The highest BCUT2D eigenvalue weighted by Crippen LogP contribution is 2.31. The van der Waals surface area contributed by atoms with E-state index in [4.69, 9.17) is 9.47 Å². The number of halogens is 1. The number of thioether (sulfide) groups is 1. The molecule has 1 aliphatic heterocycles. The first-order valence-corrected chi connectivity index (χ1v) is 12.8. The fourth-order valence-corrected chi connectivity index (χ4v) is 5.29. The summed E-state index contributed by atoms with van der Waals surface area (Å²) in [4.78, 5) is 6.91. The van der Waals surface area contributed by atoms with E-state index in [0.717, 1.165) is 46.1 Å². The maximum Gasteiger partial charge on any atom is 0.232 e. The molecule has 176 valence electrons. The smallest absolute Gasteiger partial charge is 0.232 e. The maximum atomic E-state index is 13.1. The lowest BCUT2D eigenvalue weighted by Crippen LogP contribution is -2.38. The van der Waals surface area contributed by atoms with Crippen molar-refractivity contribution in [1.82, 2.24) is 19.7 Å². The van der Waals surface area contributed by atoms with Crippen molar-refractivity contribution < 1.29 is 13.9 Å². The number of morpholine rings is 1. The molecule has 0 unspecified atom stereocenters. The van der Waals surface area contributed by atoms with Crippen LogP contribution >= 0.6 is 23.1 Å². The van der Waals surface area contributed by atoms with Crippen molar-refractivity contribution >= 4 is 29.0 Å². The quantitative estimate of drug-likeness (QED) is 0.322. The number of nitrogens with zero attached hydrogens (tertiary/aromatic N) is 5. The van der Waals surface area contributed by atoms with Crippen molar-refractivity contribution in [1.29, 1.82) is 0 Å². The zero-order valence-electron chi connectivity index (χ0n) is 18.7. The number of thiazole rings is 1. The lowest BCUT2D eigenvalue weighted by Gasteiger charge is -2.28. The van der Waals surface area contributed by atoms with Crippen molar-refractivity contribution in [2.45, 2.75) is 24.4 Å². The van der Waals surface area contributed by atoms with Gasteiger partial charge in [0.15, 0.2) is 5.16 Å². The summed E-state index contributed by atoms with van der Waals surface area (Å²) in [7, 11) is 0. The molecule has 0 saturated carbocycles. The fourth-order valence-electron chi connectivity index (χ4n) is 3.64. The Bertz CT molecular complexity index is 1240. The minimum atomic E-state index is -0.281. The van der Waals surface area contributed by atoms with Gasteiger partial charge in [-0.25, -0.2) is 9.37 Å². The molecule has 0 amide bonds. The van der Waals surface area contributed by atoms with Gasteiger partial charge in [0.1, 0.15) is 23.2 Å². The van der Waals surface area contributed by atoms with Crippen LogP contribution in [-0.4, -0.2) is 46.1 Å². The molecular formula is C24H24FN5O2S2. The molecule has 3 heterocycles. The van der Waals surface area contributed by atoms with Gasteiger partial charge in [-0.2, -0.15) is 0 Å². The Labute approximate surface area is 205 Å². The van der Waals surface area contributed by atoms with Gasteiger partial charge in [-0.05, 0) is 42.8 Å². The summed E-state index contributed by atoms with van der Waals surface area (Å²) >= 11 is 3.16. The number of para-hydroxylation sites is 1. The third-order valence-electron chi connectivity index (χ3n) is 5.39. The van der Waals surface area contributed by atoms with E-state index in [1.54, 1.807) is 35.2 Å². The van der Waals surface area contributed by atoms with Gasteiger partial charge < -0.3 is 14.4 Å². The molecule has 34 heavy (non-hydrogen) atoms. The molecule has 0 aliphatic carbocycles. The van der Waals surface area contributed by atoms with Gasteiger partial charge in [-0.1, -0.05) is 30.0 Å². The minimum Gasteiger partial charge on any atom is -0.486 e. The summed E-state index contributed by atoms with van der Waals surface area (Å²) in [6.45, 7) is 5.40. The first-order valence-electron chi connectivity index (χ1n) is 11.0. The Morgan fingerprint density at radius 3 is 2.68 bits per heavy atom. The van der Waals surface area contributed by atoms with Crippen LogP contribution in [0.25, 0.3) is 5.69 Å². The molecule has 2 aromatic heterocycles. The Kier molecular flexibility index (Phi) is 7.08. The van der Waals surface area contributed by atoms with Crippen LogP contribution in [0.4, 0.5) is 10.3 Å². The Morgan fingerprint density at radius 2 is 1.88 bits per heavy atom. The van der Waals surface area contributed by atoms with Crippen LogP contribution in [0.15, 0.2) is 59.1 Å². The summed E-state index contributed by atoms with van der Waals surface area (Å²) in [6.07, 6.45) is 0. The molecule has 5 rings (SSSR count). The minimum absolute atomic E-state index is 0.281. The van der Waals surface area contributed by atoms with Crippen LogP contribution < -0.4 is 9.64 Å². The van der Waals surface area contributed by atoms with Crippen LogP contribution in [0.2, 0.25) is 0 Å². The summed E-state index contributed by atoms with van der Waals surface area (Å²) in [5.41, 5.74) is 3.19. The number of aromatic nitrogens is 4. The number of anilines is 1. The molecule has 10 heteroatoms. The second-order valence-electron chi connectivity index (χ2n) is 7.77. The van der Waals surface area contributed by atoms with Crippen LogP contribution in [0.1, 0.15) is 16.3 Å². The highest BCUT2D eigenvalue weighted by Gasteiger charge is 2.22. The third-order valence-corrected chi connectivity index (χ3v) is 7.22. The zero-order valence-corrected chi connectivity index (χ0v) is 20.3. The van der Waals surface area contributed by atoms with E-state index in [1.807, 2.05) is 17.5 Å². The number of rotatable bonds is 8. The topological polar surface area (TPSA) is 65.3 Å². The normalized spacial score (nSPS) is 13.9. The first kappa shape index (κ1) is 22.8. The largest absolute Gasteiger partial charge is 0.486 e. The van der Waals surface area contributed by atoms with E-state index in [-0.39, 0.29) is 5.82 Å². The van der Waals surface area contributed by atoms with E-state index in [9.17, 15) is 4.39 Å². The summed E-state index contributed by atoms with van der Waals surface area (Å²) in [5, 5.41) is 12.8. The Hall–Kier alpha value is -2.95. The number of aryl methyl sites for hydroxylation is 1. The fraction of sp³-hybridized carbons (Fsp3) is 0.292. The highest BCUT2D eigenvalue weighted by atomic mass is 32.2. The lowest BCUT2D eigenvalue weighted by atomic mass is 10.2. The molecule has 4 aromatic rings. The molecule has 0 bridgehead atoms. The second-order valence-corrected chi connectivity index (χ2v) is 9.65. The van der Waals surface area contributed by atoms with Crippen LogP contribution in [0, 0.1) is 12.7 Å². The third kappa shape index (κ3) is 5.24. The zero-order chi connectivity index (χ0) is 23.3. The SMILES string of the molecule is Cc1ccccc1-n1c(SCc2csc(COc3ccc(F)cc3)n2)nnc1N1CCOCC1. The number of hydrogen-bond acceptors (Lipinski definition) is 8. The Balaban J connectivity index is 1.30. The van der Waals surface area contributed by atoms with Crippen molar-refractivity contribution in [2.24, 2.45) is 0 Å². The van der Waals surface area contributed by atoms with Crippen molar-refractivity contribution in [2.75, 3.05) is 31.2 Å². The van der Waals surface area contributed by atoms with Crippen molar-refractivity contribution in [3.63, 3.8) is 0 Å². The van der Waals surface area contributed by atoms with Crippen LogP contribution in [0.3, 0.4) is 0 Å². The first-order chi connectivity index (χ1) is 16.7. The molecule has 7 nitrogen and oxygen atoms in total. The molecule has 0 radical (unpaired) electrons. The summed E-state index contributed by atoms with van der Waals surface area (Å²) in [6, 6.07) is 14.3. The van der Waals surface area contributed by atoms with E-state index < -0.39 is 0 Å². The van der Waals surface area contributed by atoms with E-state index >= 15 is 0 Å². The highest BCUT2D eigenvalue weighted by molar-refractivity contribution is 7.98. The summed E-state index contributed by atoms with van der Waals surface area (Å²) in [5.74, 6) is 1.85. The van der Waals surface area contributed by atoms with E-state index in [2.05, 4.69) is 43.7 Å². The van der Waals surface area contributed by atoms with Gasteiger partial charge in [0.2, 0.25) is 5.95 Å². The molecule has 1 aliphatic rings. The van der Waals surface area contributed by atoms with Crippen LogP contribution in [-0.2, 0) is 17.1 Å². The van der Waals surface area contributed by atoms with Crippen molar-refractivity contribution in [3.05, 3.63) is 76.0 Å².